The highest BCUT2D eigenvalue weighted by Gasteiger charge is 2.30. The third kappa shape index (κ3) is 6.97. The van der Waals surface area contributed by atoms with Crippen molar-refractivity contribution < 1.29 is 42.0 Å². The first kappa shape index (κ1) is 29.7. The van der Waals surface area contributed by atoms with Gasteiger partial charge in [-0.15, -0.1) is 0 Å². The van der Waals surface area contributed by atoms with E-state index in [-0.39, 0.29) is 17.2 Å². The van der Waals surface area contributed by atoms with Gasteiger partial charge in [0.15, 0.2) is 11.5 Å². The number of methoxy groups -OCH3 is 1. The second kappa shape index (κ2) is 13.3. The van der Waals surface area contributed by atoms with Gasteiger partial charge in [0.25, 0.3) is 0 Å². The number of nitrogens with two attached hydrogens (primary N) is 1. The van der Waals surface area contributed by atoms with Crippen LogP contribution in [0.15, 0.2) is 88.7 Å². The van der Waals surface area contributed by atoms with E-state index in [9.17, 15) is 18.0 Å². The van der Waals surface area contributed by atoms with Gasteiger partial charge in [0.2, 0.25) is 0 Å². The summed E-state index contributed by atoms with van der Waals surface area (Å²) < 4.78 is 49.6. The van der Waals surface area contributed by atoms with E-state index in [4.69, 9.17) is 29.9 Å². The Bertz CT molecular complexity index is 1430. The van der Waals surface area contributed by atoms with Crippen molar-refractivity contribution in [2.24, 2.45) is 16.2 Å². The molecule has 3 aromatic carbocycles. The van der Waals surface area contributed by atoms with Gasteiger partial charge in [-0.2, -0.15) is 19.1 Å². The fourth-order valence-corrected chi connectivity index (χ4v) is 3.72. The van der Waals surface area contributed by atoms with Crippen LogP contribution >= 0.6 is 0 Å². The van der Waals surface area contributed by atoms with Gasteiger partial charge in [0, 0.05) is 22.3 Å². The van der Waals surface area contributed by atoms with Crippen LogP contribution in [0.25, 0.3) is 5.76 Å². The third-order valence-corrected chi connectivity index (χ3v) is 5.51. The van der Waals surface area contributed by atoms with Crippen LogP contribution in [0.4, 0.5) is 13.2 Å². The Morgan fingerprint density at radius 1 is 0.800 bits per heavy atom. The molecule has 0 radical (unpaired) electrons. The summed E-state index contributed by atoms with van der Waals surface area (Å²) >= 11 is 0. The molecule has 0 fully saturated rings. The quantitative estimate of drug-likeness (QED) is 0.147. The van der Waals surface area contributed by atoms with Crippen LogP contribution in [-0.2, 0) is 30.2 Å². The van der Waals surface area contributed by atoms with Crippen molar-refractivity contribution in [3.8, 4) is 11.5 Å². The molecule has 40 heavy (non-hydrogen) atoms. The Morgan fingerprint density at radius 3 is 2.00 bits per heavy atom. The number of halogens is 3. The maximum Gasteiger partial charge on any atom is 0.416 e. The molecule has 9 nitrogen and oxygen atoms in total. The fourth-order valence-electron chi connectivity index (χ4n) is 3.72. The van der Waals surface area contributed by atoms with E-state index in [0.717, 1.165) is 12.1 Å². The van der Waals surface area contributed by atoms with Gasteiger partial charge in [-0.1, -0.05) is 40.6 Å². The van der Waals surface area contributed by atoms with Crippen LogP contribution in [0.3, 0.4) is 0 Å². The van der Waals surface area contributed by atoms with Crippen LogP contribution < -0.4 is 10.6 Å². The molecule has 3 aromatic rings. The van der Waals surface area contributed by atoms with E-state index in [1.807, 2.05) is 0 Å². The van der Waals surface area contributed by atoms with Crippen LogP contribution in [0.1, 0.15) is 29.2 Å². The minimum absolute atomic E-state index is 0.0268. The summed E-state index contributed by atoms with van der Waals surface area (Å²) in [4.78, 5) is 27.5. The largest absolute Gasteiger partial charge is 0.464 e. The molecular formula is C28H26F3N3O6. The zero-order valence-corrected chi connectivity index (χ0v) is 22.0. The van der Waals surface area contributed by atoms with E-state index in [1.165, 1.54) is 33.5 Å². The van der Waals surface area contributed by atoms with E-state index < -0.39 is 17.7 Å². The Balaban J connectivity index is 2.02. The Labute approximate surface area is 228 Å². The molecule has 0 heterocycles. The second-order valence-electron chi connectivity index (χ2n) is 8.01. The zero-order chi connectivity index (χ0) is 29.3. The standard InChI is InChI=1S/C28H26F3N3O6/c1-17(26(40-32)23-11-6-5-10-22(23)25(34-38-4)27(35)36-2)24(33-37-3)18-12-14-20(15-13-18)39-21-9-7-8-19(16-21)28(29,30)31/h5-16H,32H2,1-4H3/b26-17-,33-24+,34-25+. The summed E-state index contributed by atoms with van der Waals surface area (Å²) in [6.45, 7) is 1.68. The minimum Gasteiger partial charge on any atom is -0.464 e. The van der Waals surface area contributed by atoms with E-state index in [2.05, 4.69) is 10.3 Å². The lowest BCUT2D eigenvalue weighted by Gasteiger charge is -2.16. The van der Waals surface area contributed by atoms with Crippen molar-refractivity contribution in [3.63, 3.8) is 0 Å². The molecule has 0 amide bonds. The van der Waals surface area contributed by atoms with Gasteiger partial charge in [0.1, 0.15) is 31.4 Å². The first-order chi connectivity index (χ1) is 19.1. The van der Waals surface area contributed by atoms with Crippen molar-refractivity contribution in [2.45, 2.75) is 13.1 Å². The van der Waals surface area contributed by atoms with Crippen molar-refractivity contribution in [3.05, 3.63) is 101 Å². The first-order valence-electron chi connectivity index (χ1n) is 11.6. The number of alkyl halides is 3. The van der Waals surface area contributed by atoms with Gasteiger partial charge in [0.05, 0.1) is 12.7 Å². The monoisotopic (exact) mass is 557 g/mol. The summed E-state index contributed by atoms with van der Waals surface area (Å²) in [5, 5.41) is 7.91. The summed E-state index contributed by atoms with van der Waals surface area (Å²) in [5.74, 6) is 5.40. The lowest BCUT2D eigenvalue weighted by atomic mass is 9.95. The number of carbonyl (C=O) groups excluding carboxylic acids is 1. The molecule has 210 valence electrons. The maximum atomic E-state index is 13.0. The molecule has 0 spiro atoms. The van der Waals surface area contributed by atoms with Gasteiger partial charge in [-0.25, -0.2) is 4.79 Å². The second-order valence-corrected chi connectivity index (χ2v) is 8.01. The Morgan fingerprint density at radius 2 is 1.43 bits per heavy atom. The number of nitrogens with zero attached hydrogens (tertiary/aromatic N) is 2. The lowest BCUT2D eigenvalue weighted by molar-refractivity contribution is -0.137. The highest BCUT2D eigenvalue weighted by molar-refractivity contribution is 6.43. The van der Waals surface area contributed by atoms with Gasteiger partial charge >= 0.3 is 12.1 Å². The van der Waals surface area contributed by atoms with Crippen LogP contribution in [0, 0.1) is 0 Å². The molecule has 0 unspecified atom stereocenters. The molecule has 0 aliphatic carbocycles. The number of hydrogen-bond donors (Lipinski definition) is 1. The average molecular weight is 558 g/mol. The minimum atomic E-state index is -4.49. The molecule has 0 aromatic heterocycles. The van der Waals surface area contributed by atoms with Crippen LogP contribution in [0.2, 0.25) is 0 Å². The number of rotatable bonds is 10. The van der Waals surface area contributed by atoms with Gasteiger partial charge < -0.3 is 24.0 Å². The normalized spacial score (nSPS) is 12.8. The van der Waals surface area contributed by atoms with Crippen molar-refractivity contribution in [1.29, 1.82) is 0 Å². The third-order valence-electron chi connectivity index (χ3n) is 5.51. The smallest absolute Gasteiger partial charge is 0.416 e. The Hall–Kier alpha value is -4.84. The van der Waals surface area contributed by atoms with Crippen LogP contribution in [0.5, 0.6) is 11.5 Å². The van der Waals surface area contributed by atoms with Crippen molar-refractivity contribution in [2.75, 3.05) is 21.3 Å². The number of allylic oxidation sites excluding steroid dienone is 1. The summed E-state index contributed by atoms with van der Waals surface area (Å²) in [6.07, 6.45) is -4.49. The van der Waals surface area contributed by atoms with E-state index >= 15 is 0 Å². The predicted molar refractivity (Wildman–Crippen MR) is 141 cm³/mol. The van der Waals surface area contributed by atoms with E-state index in [1.54, 1.807) is 55.5 Å². The zero-order valence-electron chi connectivity index (χ0n) is 22.0. The maximum absolute atomic E-state index is 13.0. The topological polar surface area (TPSA) is 114 Å². The SMILES string of the molecule is CO/N=C(\C(C)=C(/ON)c1ccccc1/C(=N\OC)C(=O)OC)c1ccc(Oc2cccc(C(F)(F)F)c2)cc1. The molecule has 0 bridgehead atoms. The number of carbonyl (C=O) groups is 1. The molecule has 0 saturated carbocycles. The number of benzene rings is 3. The lowest BCUT2D eigenvalue weighted by Crippen LogP contribution is -2.20. The molecule has 3 rings (SSSR count). The number of oxime groups is 2. The predicted octanol–water partition coefficient (Wildman–Crippen LogP) is 5.69. The number of esters is 1. The van der Waals surface area contributed by atoms with E-state index in [0.29, 0.717) is 33.7 Å². The molecule has 0 atom stereocenters. The molecule has 0 aliphatic rings. The molecule has 2 N–H and O–H groups in total. The summed E-state index contributed by atoms with van der Waals surface area (Å²) in [6, 6.07) is 17.6. The molecule has 0 saturated heterocycles. The Kier molecular flexibility index (Phi) is 9.87. The highest BCUT2D eigenvalue weighted by atomic mass is 19.4. The molecule has 12 heteroatoms. The number of ether oxygens (including phenoxy) is 2. The highest BCUT2D eigenvalue weighted by Crippen LogP contribution is 2.33. The van der Waals surface area contributed by atoms with Crippen molar-refractivity contribution in [1.82, 2.24) is 0 Å². The summed E-state index contributed by atoms with van der Waals surface area (Å²) in [7, 11) is 3.86. The average Bonchev–Trinajstić information content (AvgIpc) is 2.95. The van der Waals surface area contributed by atoms with Crippen molar-refractivity contribution >= 4 is 23.2 Å². The molecular weight excluding hydrogens is 531 g/mol. The summed E-state index contributed by atoms with van der Waals surface area (Å²) in [5.41, 5.74) is 1.04. The molecule has 0 aliphatic heterocycles. The first-order valence-corrected chi connectivity index (χ1v) is 11.6. The van der Waals surface area contributed by atoms with Gasteiger partial charge in [-0.3, -0.25) is 0 Å². The van der Waals surface area contributed by atoms with Crippen LogP contribution in [-0.4, -0.2) is 38.7 Å². The number of hydrogen-bond acceptors (Lipinski definition) is 9. The fraction of sp³-hybridized carbons (Fsp3) is 0.179. The van der Waals surface area contributed by atoms with Gasteiger partial charge in [-0.05, 0) is 49.4 Å².